The zero-order chi connectivity index (χ0) is 104. The lowest BCUT2D eigenvalue weighted by atomic mass is 9.64. The van der Waals surface area contributed by atoms with E-state index in [1.807, 2.05) is 11.9 Å². The minimum atomic E-state index is 0.250. The Bertz CT molecular complexity index is 5150. The number of amides is 1. The first kappa shape index (κ1) is 115. The van der Waals surface area contributed by atoms with Gasteiger partial charge in [-0.3, -0.25) is 9.69 Å². The number of benzene rings is 9. The van der Waals surface area contributed by atoms with Crippen LogP contribution < -0.4 is 21.7 Å². The Morgan fingerprint density at radius 2 is 0.604 bits per heavy atom. The number of aryl methyl sites for hydroxylation is 9. The molecule has 0 atom stereocenters. The van der Waals surface area contributed by atoms with Crippen molar-refractivity contribution in [3.8, 4) is 0 Å². The molecule has 0 aromatic heterocycles. The third-order valence-corrected chi connectivity index (χ3v) is 36.1. The molecule has 11 aliphatic rings. The fourth-order valence-corrected chi connectivity index (χ4v) is 23.9. The summed E-state index contributed by atoms with van der Waals surface area (Å²) in [5, 5.41) is 10.1. The first-order chi connectivity index (χ1) is 69.0. The van der Waals surface area contributed by atoms with E-state index < -0.39 is 0 Å². The molecule has 11 heteroatoms. The molecule has 11 fully saturated rings. The molecule has 144 heavy (non-hydrogen) atoms. The molecule has 1 aliphatic heterocycles. The van der Waals surface area contributed by atoms with Gasteiger partial charge in [-0.25, -0.2) is 0 Å². The average Bonchev–Trinajstić information content (AvgIpc) is 1.62. The molecule has 1 saturated heterocycles. The monoisotopic (exact) mass is 1950 g/mol. The van der Waals surface area contributed by atoms with Crippen LogP contribution in [0.2, 0.25) is 0 Å². The average molecular weight is 1950 g/mol. The molecule has 1 heterocycles. The van der Waals surface area contributed by atoms with Gasteiger partial charge in [0.1, 0.15) is 0 Å². The number of nitrogens with zero attached hydrogens (tertiary/aromatic N) is 6. The predicted molar refractivity (Wildman–Crippen MR) is 619 cm³/mol. The van der Waals surface area contributed by atoms with Crippen molar-refractivity contribution >= 4 is 5.91 Å². The van der Waals surface area contributed by atoms with E-state index in [2.05, 4.69) is 412 Å². The summed E-state index contributed by atoms with van der Waals surface area (Å²) in [6.07, 6.45) is 36.5. The van der Waals surface area contributed by atoms with Gasteiger partial charge in [-0.1, -0.05) is 334 Å². The van der Waals surface area contributed by atoms with Crippen LogP contribution in [-0.4, -0.2) is 193 Å². The highest BCUT2D eigenvalue weighted by Gasteiger charge is 2.49. The maximum atomic E-state index is 11.8. The zero-order valence-electron chi connectivity index (χ0n) is 95.0. The van der Waals surface area contributed by atoms with Crippen molar-refractivity contribution in [2.45, 2.75) is 371 Å². The molecule has 0 bridgehead atoms. The van der Waals surface area contributed by atoms with E-state index >= 15 is 0 Å². The molecular weight excluding hydrogens is 1750 g/mol. The molecule has 1 amide bonds. The largest absolute Gasteiger partial charge is 0.339 e. The zero-order valence-corrected chi connectivity index (χ0v) is 95.0. The Hall–Kier alpha value is -7.91. The lowest BCUT2D eigenvalue weighted by Gasteiger charge is -2.48. The van der Waals surface area contributed by atoms with Gasteiger partial charge in [-0.2, -0.15) is 0 Å². The SMILES string of the molecule is CCN(C)CC1(c2ccc(C)cc2)CCC1.CCN(CC)CC1(c2ccc(C)cc2)CCC1.CNCC1(c2ccc(C)cc2)CCC1.Cc1ccc(C2(CN(C(C)C)C(C)C)CCC2)cc1.Cc1ccc(C2(CN(C)C(C)C)CCC2)cc1.Cc1ccc(C2(CN(C)C)CCC2)cc1.Cc1ccc(C2(CN)CCC2)cc1.Cc1ccc(C2(CN3CCNCC3=O)CC2)cc1.Cc1ccc(C2(CNC3CC3)CC2)cc1. The molecule has 20 rings (SSSR count). The number of rotatable bonds is 33. The summed E-state index contributed by atoms with van der Waals surface area (Å²) in [6.45, 7) is 55.8. The molecule has 0 spiro atoms. The fraction of sp³-hybridized carbons (Fsp3) is 0.586. The molecular formula is C133H198N10O. The smallest absolute Gasteiger partial charge is 0.236 e. The number of hydrogen-bond acceptors (Lipinski definition) is 10. The van der Waals surface area contributed by atoms with Crippen molar-refractivity contribution in [1.82, 2.24) is 45.3 Å². The lowest BCUT2D eigenvalue weighted by molar-refractivity contribution is -0.132. The van der Waals surface area contributed by atoms with Crippen LogP contribution in [0.25, 0.3) is 0 Å². The second kappa shape index (κ2) is 53.0. The van der Waals surface area contributed by atoms with Crippen LogP contribution in [0.15, 0.2) is 218 Å². The Kier molecular flexibility index (Phi) is 42.2. The van der Waals surface area contributed by atoms with Crippen LogP contribution in [0.5, 0.6) is 0 Å². The summed E-state index contributed by atoms with van der Waals surface area (Å²) in [4.78, 5) is 26.3. The Morgan fingerprint density at radius 3 is 0.847 bits per heavy atom. The van der Waals surface area contributed by atoms with Crippen molar-refractivity contribution < 1.29 is 4.79 Å². The minimum absolute atomic E-state index is 0.250. The van der Waals surface area contributed by atoms with Crippen molar-refractivity contribution in [2.75, 3.05) is 133 Å². The highest BCUT2D eigenvalue weighted by molar-refractivity contribution is 5.79. The van der Waals surface area contributed by atoms with Crippen LogP contribution in [0.1, 0.15) is 336 Å². The molecule has 9 aromatic carbocycles. The van der Waals surface area contributed by atoms with Crippen LogP contribution >= 0.6 is 0 Å². The minimum Gasteiger partial charge on any atom is -0.339 e. The van der Waals surface area contributed by atoms with Crippen LogP contribution in [0.3, 0.4) is 0 Å². The van der Waals surface area contributed by atoms with Crippen LogP contribution in [0.4, 0.5) is 0 Å². The van der Waals surface area contributed by atoms with Gasteiger partial charge < -0.3 is 46.2 Å². The second-order valence-corrected chi connectivity index (χ2v) is 48.6. The molecule has 0 radical (unpaired) electrons. The lowest BCUT2D eigenvalue weighted by Crippen LogP contribution is -2.50. The van der Waals surface area contributed by atoms with Crippen LogP contribution in [0, 0.1) is 62.3 Å². The molecule has 10 saturated carbocycles. The maximum absolute atomic E-state index is 11.8. The molecule has 11 nitrogen and oxygen atoms in total. The van der Waals surface area contributed by atoms with E-state index in [9.17, 15) is 4.79 Å². The molecule has 9 aromatic rings. The summed E-state index contributed by atoms with van der Waals surface area (Å²) in [5.41, 5.74) is 35.4. The highest BCUT2D eigenvalue weighted by Crippen LogP contribution is 2.53. The molecule has 0 unspecified atom stereocenters. The van der Waals surface area contributed by atoms with Gasteiger partial charge in [0, 0.05) is 145 Å². The summed E-state index contributed by atoms with van der Waals surface area (Å²) in [7, 11) is 10.9. The van der Waals surface area contributed by atoms with E-state index in [0.29, 0.717) is 68.0 Å². The summed E-state index contributed by atoms with van der Waals surface area (Å²) >= 11 is 0. The summed E-state index contributed by atoms with van der Waals surface area (Å²) in [6, 6.07) is 84.5. The number of likely N-dealkylation sites (N-methyl/N-ethyl adjacent to an activating group) is 5. The number of carbonyl (C=O) groups is 1. The topological polar surface area (TPSA) is 98.6 Å². The van der Waals surface area contributed by atoms with Gasteiger partial charge in [-0.05, 0) is 337 Å². The molecule has 5 N–H and O–H groups in total. The van der Waals surface area contributed by atoms with Gasteiger partial charge >= 0.3 is 0 Å². The van der Waals surface area contributed by atoms with Crippen molar-refractivity contribution in [3.05, 3.63) is 319 Å². The number of piperazine rings is 1. The fourth-order valence-electron chi connectivity index (χ4n) is 23.9. The van der Waals surface area contributed by atoms with E-state index in [-0.39, 0.29) is 11.3 Å². The van der Waals surface area contributed by atoms with Crippen molar-refractivity contribution in [2.24, 2.45) is 5.73 Å². The first-order valence-electron chi connectivity index (χ1n) is 57.2. The van der Waals surface area contributed by atoms with Crippen molar-refractivity contribution in [1.29, 1.82) is 0 Å². The highest BCUT2D eigenvalue weighted by atomic mass is 16.2. The Balaban J connectivity index is 0.000000145. The third-order valence-electron chi connectivity index (χ3n) is 36.1. The van der Waals surface area contributed by atoms with Gasteiger partial charge in [0.25, 0.3) is 0 Å². The molecule has 10 aliphatic carbocycles. The quantitative estimate of drug-likeness (QED) is 0.0318. The van der Waals surface area contributed by atoms with E-state index in [1.54, 1.807) is 27.8 Å². The van der Waals surface area contributed by atoms with Gasteiger partial charge in [0.15, 0.2) is 0 Å². The number of nitrogens with one attached hydrogen (secondary N) is 3. The number of carbonyl (C=O) groups excluding carboxylic acids is 1. The first-order valence-corrected chi connectivity index (χ1v) is 57.2. The molecule has 786 valence electrons. The normalized spacial score (nSPS) is 19.5. The Labute approximate surface area is 878 Å². The maximum Gasteiger partial charge on any atom is 0.236 e. The third kappa shape index (κ3) is 30.9. The second-order valence-electron chi connectivity index (χ2n) is 48.6. The van der Waals surface area contributed by atoms with Crippen LogP contribution in [-0.2, 0) is 53.5 Å². The van der Waals surface area contributed by atoms with Gasteiger partial charge in [0.05, 0.1) is 6.54 Å². The van der Waals surface area contributed by atoms with E-state index in [4.69, 9.17) is 5.73 Å². The number of hydrogen-bond donors (Lipinski definition) is 4. The van der Waals surface area contributed by atoms with Crippen molar-refractivity contribution in [3.63, 3.8) is 0 Å². The Morgan fingerprint density at radius 1 is 0.333 bits per heavy atom. The standard InChI is InChI=1S/C18H29N.2C16H25N.C15H20N2O.C15H23N.C14H19N.C14H21N.C13H19N.C12H17N/c1-14(2)19(15(3)4)13-18(11-6-12-18)17-9-7-16(5)8-10-17;1-13(2)17(4)12-16(10-5-11-16)15-8-6-14(3)7-9-15;1-4-17(5-2)13-16(11-6-12-16)15-9-7-14(3)8-10-15;1-12-2-4-13(5-3-12)15(6-7-15)11-17-9-8-16-10-14(17)18;1-4-16(3)12-15(10-5-11-15)14-8-6-13(2)7-9-14;1-11-2-4-12(5-3-11)14(8-9-14)10-15-13-6-7-13;1-12-5-7-13(8-6-12)14(9-4-10-14)11-15(2)3;1-11-4-6-12(7-5-11)13(10-14-2)8-3-9-13;1-10-3-5-11(6-4-10)12(9-13)7-2-8-12/h7-10,14-15H,6,11-13H2,1-5H3;6-9,13H,5,10-12H2,1-4H3;7-10H,4-6,11-13H2,1-3H3;2-5,16H,6-11H2,1H3;6-9H,4-5,10-12H2,1-3H3;2-5,13,15H,6-10H2,1H3;5-8H,4,9-11H2,1-3H3;4-7,14H,3,8-10H2,1-2H3;3-6H,2,7-9,13H2,1H3. The van der Waals surface area contributed by atoms with E-state index in [1.165, 1.54) is 298 Å². The summed E-state index contributed by atoms with van der Waals surface area (Å²) in [5.74, 6) is 0.250. The predicted octanol–water partition coefficient (Wildman–Crippen LogP) is 27.6. The van der Waals surface area contributed by atoms with Gasteiger partial charge in [-0.15, -0.1) is 0 Å². The van der Waals surface area contributed by atoms with Gasteiger partial charge in [0.2, 0.25) is 5.91 Å². The number of nitrogens with two attached hydrogens (primary N) is 1. The van der Waals surface area contributed by atoms with E-state index in [0.717, 1.165) is 45.3 Å². The summed E-state index contributed by atoms with van der Waals surface area (Å²) < 4.78 is 0.